The summed E-state index contributed by atoms with van der Waals surface area (Å²) in [5, 5.41) is 2.18. The number of nitrogens with zero attached hydrogens (tertiary/aromatic N) is 2. The smallest absolute Gasteiger partial charge is 0.336 e. The Hall–Kier alpha value is -2.18. The second-order valence-corrected chi connectivity index (χ2v) is 7.82. The van der Waals surface area contributed by atoms with E-state index >= 15 is 0 Å². The van der Waals surface area contributed by atoms with Gasteiger partial charge in [-0.3, -0.25) is 4.58 Å². The minimum atomic E-state index is -0.480. The normalized spacial score (nSPS) is 14.4. The highest BCUT2D eigenvalue weighted by molar-refractivity contribution is 6.35. The van der Waals surface area contributed by atoms with E-state index in [1.54, 1.807) is 30.6 Å². The molecule has 1 atom stereocenters. The van der Waals surface area contributed by atoms with Crippen molar-refractivity contribution in [2.24, 2.45) is 4.99 Å². The predicted octanol–water partition coefficient (Wildman–Crippen LogP) is 5.14. The van der Waals surface area contributed by atoms with Crippen LogP contribution in [0.4, 0.5) is 0 Å². The van der Waals surface area contributed by atoms with Crippen LogP contribution in [0.1, 0.15) is 17.2 Å². The molecule has 1 aliphatic rings. The number of para-hydroxylation sites is 1. The van der Waals surface area contributed by atoms with Gasteiger partial charge < -0.3 is 9.15 Å². The molecule has 0 spiro atoms. The van der Waals surface area contributed by atoms with Crippen LogP contribution in [0.3, 0.4) is 0 Å². The van der Waals surface area contributed by atoms with Crippen molar-refractivity contribution in [1.82, 2.24) is 0 Å². The molecule has 0 saturated heterocycles. The van der Waals surface area contributed by atoms with Gasteiger partial charge in [-0.2, -0.15) is 0 Å². The lowest BCUT2D eigenvalue weighted by Crippen LogP contribution is -2.22. The highest BCUT2D eigenvalue weighted by atomic mass is 35.5. The number of rotatable bonds is 6. The molecule has 0 bridgehead atoms. The van der Waals surface area contributed by atoms with Gasteiger partial charge in [0.05, 0.1) is 11.6 Å². The van der Waals surface area contributed by atoms with Crippen LogP contribution >= 0.6 is 34.8 Å². The van der Waals surface area contributed by atoms with Crippen molar-refractivity contribution < 1.29 is 13.7 Å². The molecule has 0 radical (unpaired) electrons. The minimum absolute atomic E-state index is 0.181. The number of hydrogen-bond acceptors (Lipinski definition) is 4. The summed E-state index contributed by atoms with van der Waals surface area (Å²) in [6.07, 6.45) is 3.21. The van der Waals surface area contributed by atoms with Gasteiger partial charge in [0.2, 0.25) is 0 Å². The molecule has 1 aromatic heterocycles. The first-order chi connectivity index (χ1) is 14.0. The van der Waals surface area contributed by atoms with Gasteiger partial charge in [0.25, 0.3) is 6.34 Å². The molecule has 0 N–H and O–H groups in total. The summed E-state index contributed by atoms with van der Waals surface area (Å²) in [4.78, 5) is 16.1. The number of ether oxygens (including phenoxy) is 1. The maximum Gasteiger partial charge on any atom is 0.336 e. The van der Waals surface area contributed by atoms with E-state index in [0.29, 0.717) is 39.3 Å². The van der Waals surface area contributed by atoms with Crippen molar-refractivity contribution in [3.05, 3.63) is 79.1 Å². The number of benzene rings is 2. The number of fused-ring (bicyclic) bond motifs is 1. The molecule has 0 aliphatic carbocycles. The summed E-state index contributed by atoms with van der Waals surface area (Å²) < 4.78 is 13.5. The summed E-state index contributed by atoms with van der Waals surface area (Å²) in [5.74, 6) is 0. The third-order valence-corrected chi connectivity index (χ3v) is 5.47. The van der Waals surface area contributed by atoms with Gasteiger partial charge in [-0.25, -0.2) is 4.79 Å². The average Bonchev–Trinajstić information content (AvgIpc) is 3.19. The Bertz CT molecular complexity index is 1190. The molecule has 0 saturated carbocycles. The number of hydrogen-bond donors (Lipinski definition) is 0. The van der Waals surface area contributed by atoms with Gasteiger partial charge in [-0.15, -0.1) is 0 Å². The first-order valence-electron chi connectivity index (χ1n) is 8.88. The Morgan fingerprint density at radius 2 is 2.00 bits per heavy atom. The van der Waals surface area contributed by atoms with Crippen molar-refractivity contribution >= 4 is 58.3 Å². The maximum atomic E-state index is 12.0. The second kappa shape index (κ2) is 8.67. The van der Waals surface area contributed by atoms with Gasteiger partial charge >= 0.3 is 5.63 Å². The SMILES string of the molecule is O=c1cc(COC(C[N+]2=CN=CC2)c2ccc(Cl)cc2Cl)c2cccc(Cl)c2o1. The summed E-state index contributed by atoms with van der Waals surface area (Å²) >= 11 is 18.6. The fourth-order valence-electron chi connectivity index (χ4n) is 3.20. The summed E-state index contributed by atoms with van der Waals surface area (Å²) in [6.45, 7) is 1.42. The Balaban J connectivity index is 1.66. The Kier molecular flexibility index (Phi) is 6.01. The van der Waals surface area contributed by atoms with Crippen molar-refractivity contribution in [3.8, 4) is 0 Å². The molecule has 3 aromatic rings. The third kappa shape index (κ3) is 4.54. The summed E-state index contributed by atoms with van der Waals surface area (Å²) in [6, 6.07) is 12.1. The molecule has 29 heavy (non-hydrogen) atoms. The van der Waals surface area contributed by atoms with Crippen LogP contribution in [0.25, 0.3) is 11.0 Å². The van der Waals surface area contributed by atoms with E-state index in [0.717, 1.165) is 10.9 Å². The highest BCUT2D eigenvalue weighted by Crippen LogP contribution is 2.31. The Morgan fingerprint density at radius 3 is 2.76 bits per heavy atom. The molecule has 4 rings (SSSR count). The molecule has 1 aliphatic heterocycles. The van der Waals surface area contributed by atoms with Gasteiger partial charge in [0.1, 0.15) is 19.2 Å². The van der Waals surface area contributed by atoms with Gasteiger partial charge in [-0.1, -0.05) is 58.0 Å². The van der Waals surface area contributed by atoms with E-state index in [1.165, 1.54) is 6.07 Å². The molecule has 5 nitrogen and oxygen atoms in total. The van der Waals surface area contributed by atoms with Crippen LogP contribution in [0.5, 0.6) is 0 Å². The molecule has 1 unspecified atom stereocenters. The van der Waals surface area contributed by atoms with Gasteiger partial charge in [-0.05, 0) is 23.8 Å². The zero-order valence-electron chi connectivity index (χ0n) is 15.1. The van der Waals surface area contributed by atoms with Crippen LogP contribution in [-0.4, -0.2) is 30.2 Å². The quantitative estimate of drug-likeness (QED) is 0.386. The molecule has 2 heterocycles. The van der Waals surface area contributed by atoms with Crippen LogP contribution < -0.4 is 5.63 Å². The van der Waals surface area contributed by atoms with Crippen molar-refractivity contribution in [3.63, 3.8) is 0 Å². The molecule has 148 valence electrons. The van der Waals surface area contributed by atoms with Crippen LogP contribution in [0.15, 0.2) is 56.7 Å². The molecule has 0 fully saturated rings. The molecule has 8 heteroatoms. The van der Waals surface area contributed by atoms with Gasteiger partial charge in [0, 0.05) is 27.1 Å². The fourth-order valence-corrected chi connectivity index (χ4v) is 3.95. The van der Waals surface area contributed by atoms with Crippen molar-refractivity contribution in [2.45, 2.75) is 12.7 Å². The van der Waals surface area contributed by atoms with E-state index in [1.807, 2.05) is 22.9 Å². The van der Waals surface area contributed by atoms with Gasteiger partial charge in [0.15, 0.2) is 11.8 Å². The predicted molar refractivity (Wildman–Crippen MR) is 116 cm³/mol. The Labute approximate surface area is 181 Å². The maximum absolute atomic E-state index is 12.0. The van der Waals surface area contributed by atoms with E-state index in [4.69, 9.17) is 44.0 Å². The molecular weight excluding hydrogens is 435 g/mol. The second-order valence-electron chi connectivity index (χ2n) is 6.57. The lowest BCUT2D eigenvalue weighted by atomic mass is 10.1. The lowest BCUT2D eigenvalue weighted by molar-refractivity contribution is -0.517. The lowest BCUT2D eigenvalue weighted by Gasteiger charge is -2.19. The summed E-state index contributed by atoms with van der Waals surface area (Å²) in [7, 11) is 0. The molecular formula is C21H16Cl3N2O3+. The topological polar surface area (TPSA) is 54.8 Å². The first-order valence-corrected chi connectivity index (χ1v) is 10.0. The Morgan fingerprint density at radius 1 is 1.14 bits per heavy atom. The average molecular weight is 451 g/mol. The van der Waals surface area contributed by atoms with Crippen molar-refractivity contribution in [1.29, 1.82) is 0 Å². The minimum Gasteiger partial charge on any atom is -0.421 e. The highest BCUT2D eigenvalue weighted by Gasteiger charge is 2.22. The molecule has 2 aromatic carbocycles. The number of halogens is 3. The fraction of sp³-hybridized carbons (Fsp3) is 0.190. The van der Waals surface area contributed by atoms with E-state index < -0.39 is 5.63 Å². The summed E-state index contributed by atoms with van der Waals surface area (Å²) in [5.41, 5.74) is 1.37. The van der Waals surface area contributed by atoms with E-state index in [-0.39, 0.29) is 12.7 Å². The third-order valence-electron chi connectivity index (χ3n) is 4.61. The number of aliphatic imine (C=N–C) groups is 1. The van der Waals surface area contributed by atoms with Crippen molar-refractivity contribution in [2.75, 3.05) is 13.1 Å². The van der Waals surface area contributed by atoms with E-state index in [2.05, 4.69) is 4.99 Å². The zero-order valence-corrected chi connectivity index (χ0v) is 17.4. The molecule has 0 amide bonds. The van der Waals surface area contributed by atoms with E-state index in [9.17, 15) is 4.79 Å². The standard InChI is InChI=1S/C21H16Cl3N2O3/c22-14-4-5-16(18(24)9-14)19(10-26-7-6-25-12-26)28-11-13-8-20(27)29-21-15(13)2-1-3-17(21)23/h1-6,8-9,12,19H,7,10-11H2/q+1. The van der Waals surface area contributed by atoms with Crippen LogP contribution in [0.2, 0.25) is 15.1 Å². The first kappa shape index (κ1) is 20.1. The largest absolute Gasteiger partial charge is 0.421 e. The monoisotopic (exact) mass is 449 g/mol. The van der Waals surface area contributed by atoms with Crippen LogP contribution in [0, 0.1) is 0 Å². The van der Waals surface area contributed by atoms with Crippen LogP contribution in [-0.2, 0) is 11.3 Å². The zero-order chi connectivity index (χ0) is 20.4.